The Morgan fingerprint density at radius 1 is 1.43 bits per heavy atom. The highest BCUT2D eigenvalue weighted by molar-refractivity contribution is 5.36. The highest BCUT2D eigenvalue weighted by atomic mass is 16.1. The molecule has 0 amide bonds. The number of rotatable bonds is 4. The summed E-state index contributed by atoms with van der Waals surface area (Å²) < 4.78 is 0. The van der Waals surface area contributed by atoms with Gasteiger partial charge in [0.2, 0.25) is 6.08 Å². The van der Waals surface area contributed by atoms with E-state index in [4.69, 9.17) is 0 Å². The van der Waals surface area contributed by atoms with Crippen LogP contribution in [0.1, 0.15) is 37.4 Å². The summed E-state index contributed by atoms with van der Waals surface area (Å²) in [5.74, 6) is 0. The zero-order valence-corrected chi connectivity index (χ0v) is 8.66. The van der Waals surface area contributed by atoms with Gasteiger partial charge in [0.1, 0.15) is 0 Å². The molecule has 0 aliphatic rings. The number of isocyanates is 1. The molecule has 0 aromatic heterocycles. The molecule has 1 aromatic rings. The van der Waals surface area contributed by atoms with E-state index in [-0.39, 0.29) is 6.04 Å². The van der Waals surface area contributed by atoms with Crippen molar-refractivity contribution in [3.63, 3.8) is 0 Å². The summed E-state index contributed by atoms with van der Waals surface area (Å²) in [4.78, 5) is 14.0. The van der Waals surface area contributed by atoms with Crippen molar-refractivity contribution in [1.82, 2.24) is 0 Å². The molecule has 0 aliphatic carbocycles. The number of carbonyl (C=O) groups excluding carboxylic acids is 1. The molecule has 0 unspecified atom stereocenters. The van der Waals surface area contributed by atoms with E-state index in [9.17, 15) is 4.79 Å². The van der Waals surface area contributed by atoms with Gasteiger partial charge in [-0.3, -0.25) is 0 Å². The van der Waals surface area contributed by atoms with E-state index < -0.39 is 0 Å². The number of nitrogens with zero attached hydrogens (tertiary/aromatic N) is 1. The van der Waals surface area contributed by atoms with E-state index in [1.165, 1.54) is 5.56 Å². The van der Waals surface area contributed by atoms with Gasteiger partial charge in [-0.15, -0.1) is 0 Å². The summed E-state index contributed by atoms with van der Waals surface area (Å²) in [6.07, 6.45) is 3.47. The van der Waals surface area contributed by atoms with E-state index in [2.05, 4.69) is 24.0 Å². The molecule has 0 aliphatic heterocycles. The van der Waals surface area contributed by atoms with Gasteiger partial charge >= 0.3 is 0 Å². The van der Waals surface area contributed by atoms with E-state index in [0.717, 1.165) is 18.4 Å². The monoisotopic (exact) mass is 189 g/mol. The zero-order valence-electron chi connectivity index (χ0n) is 8.66. The van der Waals surface area contributed by atoms with E-state index in [0.29, 0.717) is 0 Å². The largest absolute Gasteiger partial charge is 0.235 e. The van der Waals surface area contributed by atoms with Crippen LogP contribution in [0.15, 0.2) is 29.3 Å². The Kier molecular flexibility index (Phi) is 4.09. The van der Waals surface area contributed by atoms with Crippen LogP contribution >= 0.6 is 0 Å². The molecule has 0 saturated carbocycles. The Bertz CT molecular complexity index is 340. The second-order valence-corrected chi connectivity index (χ2v) is 3.24. The maximum Gasteiger partial charge on any atom is 0.235 e. The molecule has 74 valence electrons. The molecule has 0 bridgehead atoms. The summed E-state index contributed by atoms with van der Waals surface area (Å²) in [5.41, 5.74) is 2.39. The Morgan fingerprint density at radius 2 is 2.21 bits per heavy atom. The maximum atomic E-state index is 10.2. The first-order valence-corrected chi connectivity index (χ1v) is 4.97. The first-order chi connectivity index (χ1) is 6.81. The first-order valence-electron chi connectivity index (χ1n) is 4.97. The van der Waals surface area contributed by atoms with Gasteiger partial charge in [0.05, 0.1) is 6.04 Å². The normalized spacial score (nSPS) is 11.9. The lowest BCUT2D eigenvalue weighted by Crippen LogP contribution is -1.94. The predicted molar refractivity (Wildman–Crippen MR) is 57.0 cm³/mol. The minimum Gasteiger partial charge on any atom is -0.211 e. The fourth-order valence-electron chi connectivity index (χ4n) is 1.49. The van der Waals surface area contributed by atoms with E-state index >= 15 is 0 Å². The lowest BCUT2D eigenvalue weighted by Gasteiger charge is -2.09. The van der Waals surface area contributed by atoms with Crippen LogP contribution in [0.25, 0.3) is 0 Å². The van der Waals surface area contributed by atoms with E-state index in [1.54, 1.807) is 6.08 Å². The molecule has 2 nitrogen and oxygen atoms in total. The Balaban J connectivity index is 2.97. The topological polar surface area (TPSA) is 29.4 Å². The van der Waals surface area contributed by atoms with Crippen LogP contribution in [0.5, 0.6) is 0 Å². The number of benzene rings is 1. The molecule has 0 saturated heterocycles. The molecule has 1 atom stereocenters. The second-order valence-electron chi connectivity index (χ2n) is 3.24. The highest BCUT2D eigenvalue weighted by Gasteiger charge is 2.06. The number of aryl methyl sites for hydroxylation is 1. The van der Waals surface area contributed by atoms with Crippen LogP contribution in [-0.4, -0.2) is 6.08 Å². The van der Waals surface area contributed by atoms with Crippen LogP contribution in [-0.2, 0) is 11.2 Å². The van der Waals surface area contributed by atoms with Crippen LogP contribution in [0, 0.1) is 0 Å². The van der Waals surface area contributed by atoms with E-state index in [1.807, 2.05) is 19.1 Å². The van der Waals surface area contributed by atoms with Gasteiger partial charge in [-0.25, -0.2) is 4.79 Å². The van der Waals surface area contributed by atoms with Crippen molar-refractivity contribution in [3.8, 4) is 0 Å². The summed E-state index contributed by atoms with van der Waals surface area (Å²) >= 11 is 0. The van der Waals surface area contributed by atoms with Gasteiger partial charge in [0, 0.05) is 0 Å². The van der Waals surface area contributed by atoms with Gasteiger partial charge in [-0.1, -0.05) is 38.1 Å². The third kappa shape index (κ3) is 2.54. The molecule has 1 aromatic carbocycles. The third-order valence-corrected chi connectivity index (χ3v) is 2.34. The summed E-state index contributed by atoms with van der Waals surface area (Å²) in [6, 6.07) is 8.18. The van der Waals surface area contributed by atoms with Gasteiger partial charge in [-0.05, 0) is 24.0 Å². The average molecular weight is 189 g/mol. The number of hydrogen-bond acceptors (Lipinski definition) is 2. The van der Waals surface area contributed by atoms with Crippen LogP contribution in [0.2, 0.25) is 0 Å². The van der Waals surface area contributed by atoms with Crippen molar-refractivity contribution in [2.45, 2.75) is 32.7 Å². The first kappa shape index (κ1) is 10.7. The molecule has 0 spiro atoms. The van der Waals surface area contributed by atoms with Crippen LogP contribution < -0.4 is 0 Å². The van der Waals surface area contributed by atoms with Crippen molar-refractivity contribution >= 4 is 6.08 Å². The number of aliphatic imine (C=N–C) groups is 1. The van der Waals surface area contributed by atoms with Crippen molar-refractivity contribution < 1.29 is 4.79 Å². The smallest absolute Gasteiger partial charge is 0.211 e. The van der Waals surface area contributed by atoms with Gasteiger partial charge in [0.25, 0.3) is 0 Å². The molecule has 0 heterocycles. The molecule has 1 rings (SSSR count). The summed E-state index contributed by atoms with van der Waals surface area (Å²) in [5, 5.41) is 0. The lowest BCUT2D eigenvalue weighted by atomic mass is 10.0. The average Bonchev–Trinajstić information content (AvgIpc) is 2.26. The highest BCUT2D eigenvalue weighted by Crippen LogP contribution is 2.21. The van der Waals surface area contributed by atoms with Gasteiger partial charge in [0.15, 0.2) is 0 Å². The fraction of sp³-hybridized carbons (Fsp3) is 0.417. The van der Waals surface area contributed by atoms with Crippen molar-refractivity contribution in [3.05, 3.63) is 35.4 Å². The summed E-state index contributed by atoms with van der Waals surface area (Å²) in [6.45, 7) is 4.13. The Hall–Kier alpha value is -1.40. The quantitative estimate of drug-likeness (QED) is 0.528. The standard InChI is InChI=1S/C12H15NO/c1-3-10-6-5-7-11(8-10)12(4-2)13-9-14/h5-8,12H,3-4H2,1-2H3/t12-/m1/s1. The van der Waals surface area contributed by atoms with Crippen molar-refractivity contribution in [2.75, 3.05) is 0 Å². The molecule has 14 heavy (non-hydrogen) atoms. The fourth-order valence-corrected chi connectivity index (χ4v) is 1.49. The van der Waals surface area contributed by atoms with Crippen molar-refractivity contribution in [2.24, 2.45) is 4.99 Å². The van der Waals surface area contributed by atoms with Crippen LogP contribution in [0.3, 0.4) is 0 Å². The lowest BCUT2D eigenvalue weighted by molar-refractivity contribution is 0.556. The summed E-state index contributed by atoms with van der Waals surface area (Å²) in [7, 11) is 0. The minimum atomic E-state index is -0.0287. The SMILES string of the molecule is CCc1cccc([C@@H](CC)N=C=O)c1. The third-order valence-electron chi connectivity index (χ3n) is 2.34. The number of hydrogen-bond donors (Lipinski definition) is 0. The Morgan fingerprint density at radius 3 is 2.79 bits per heavy atom. The molecule has 0 radical (unpaired) electrons. The molecule has 2 heteroatoms. The molecule has 0 fully saturated rings. The van der Waals surface area contributed by atoms with Crippen LogP contribution in [0.4, 0.5) is 0 Å². The minimum absolute atomic E-state index is 0.0287. The maximum absolute atomic E-state index is 10.2. The predicted octanol–water partition coefficient (Wildman–Crippen LogP) is 3.04. The zero-order chi connectivity index (χ0) is 10.4. The Labute approximate surface area is 84.7 Å². The molecule has 0 N–H and O–H groups in total. The molecular weight excluding hydrogens is 174 g/mol. The molecular formula is C12H15NO. The van der Waals surface area contributed by atoms with Gasteiger partial charge < -0.3 is 0 Å². The van der Waals surface area contributed by atoms with Gasteiger partial charge in [-0.2, -0.15) is 4.99 Å². The second kappa shape index (κ2) is 5.36. The van der Waals surface area contributed by atoms with Crippen molar-refractivity contribution in [1.29, 1.82) is 0 Å².